The molecule has 0 aromatic carbocycles. The third-order valence-electron chi connectivity index (χ3n) is 2.75. The Labute approximate surface area is 78.4 Å². The molecule has 2 nitrogen and oxygen atoms in total. The summed E-state index contributed by atoms with van der Waals surface area (Å²) in [7, 11) is 0. The zero-order chi connectivity index (χ0) is 9.64. The number of aryl methyl sites for hydroxylation is 1. The van der Waals surface area contributed by atoms with E-state index in [1.807, 2.05) is 13.1 Å². The van der Waals surface area contributed by atoms with Gasteiger partial charge in [-0.1, -0.05) is 13.8 Å². The molecule has 2 rings (SSSR count). The van der Waals surface area contributed by atoms with Gasteiger partial charge in [-0.25, -0.2) is 0 Å². The van der Waals surface area contributed by atoms with Crippen LogP contribution in [0.1, 0.15) is 41.9 Å². The quantitative estimate of drug-likeness (QED) is 0.648. The summed E-state index contributed by atoms with van der Waals surface area (Å²) in [4.78, 5) is 14.9. The molecule has 70 valence electrons. The van der Waals surface area contributed by atoms with E-state index in [1.54, 1.807) is 0 Å². The van der Waals surface area contributed by atoms with Gasteiger partial charge in [-0.3, -0.25) is 4.79 Å². The Balaban J connectivity index is 2.51. The summed E-state index contributed by atoms with van der Waals surface area (Å²) in [6.45, 7) is 6.27. The van der Waals surface area contributed by atoms with Gasteiger partial charge in [0.15, 0.2) is 5.78 Å². The van der Waals surface area contributed by atoms with Gasteiger partial charge in [-0.2, -0.15) is 0 Å². The maximum absolute atomic E-state index is 11.8. The van der Waals surface area contributed by atoms with Crippen LogP contribution in [-0.4, -0.2) is 10.8 Å². The summed E-state index contributed by atoms with van der Waals surface area (Å²) in [6, 6.07) is 0. The molecule has 0 bridgehead atoms. The predicted octanol–water partition coefficient (Wildman–Crippen LogP) is 2.48. The van der Waals surface area contributed by atoms with Crippen molar-refractivity contribution in [2.75, 3.05) is 0 Å². The predicted molar refractivity (Wildman–Crippen MR) is 52.0 cm³/mol. The van der Waals surface area contributed by atoms with Crippen molar-refractivity contribution in [3.63, 3.8) is 0 Å². The van der Waals surface area contributed by atoms with E-state index in [2.05, 4.69) is 18.8 Å². The second kappa shape index (κ2) is 2.47. The molecule has 0 amide bonds. The molecule has 0 unspecified atom stereocenters. The lowest BCUT2D eigenvalue weighted by Gasteiger charge is -2.28. The smallest absolute Gasteiger partial charge is 0.165 e. The highest BCUT2D eigenvalue weighted by molar-refractivity contribution is 6.00. The molecule has 1 aliphatic carbocycles. The summed E-state index contributed by atoms with van der Waals surface area (Å²) in [5.74, 6) is 0.296. The summed E-state index contributed by atoms with van der Waals surface area (Å²) < 4.78 is 0. The van der Waals surface area contributed by atoms with Crippen LogP contribution in [0.15, 0.2) is 6.20 Å². The highest BCUT2D eigenvalue weighted by atomic mass is 16.1. The van der Waals surface area contributed by atoms with Gasteiger partial charge >= 0.3 is 0 Å². The zero-order valence-corrected chi connectivity index (χ0v) is 8.40. The minimum atomic E-state index is 0.138. The van der Waals surface area contributed by atoms with Crippen molar-refractivity contribution in [2.24, 2.45) is 5.41 Å². The summed E-state index contributed by atoms with van der Waals surface area (Å²) >= 11 is 0. The van der Waals surface area contributed by atoms with E-state index in [-0.39, 0.29) is 5.41 Å². The first-order valence-electron chi connectivity index (χ1n) is 4.70. The number of nitrogens with one attached hydrogen (secondary N) is 1. The average Bonchev–Trinajstić information content (AvgIpc) is 2.28. The van der Waals surface area contributed by atoms with Crippen molar-refractivity contribution in [3.05, 3.63) is 23.0 Å². The normalized spacial score (nSPS) is 20.1. The topological polar surface area (TPSA) is 32.9 Å². The third kappa shape index (κ3) is 1.30. The lowest BCUT2D eigenvalue weighted by Crippen LogP contribution is -2.26. The molecule has 1 aromatic rings. The lowest BCUT2D eigenvalue weighted by atomic mass is 9.74. The van der Waals surface area contributed by atoms with Gasteiger partial charge in [0.05, 0.1) is 0 Å². The van der Waals surface area contributed by atoms with Crippen LogP contribution in [0.25, 0.3) is 0 Å². The summed E-state index contributed by atoms with van der Waals surface area (Å²) in [5, 5.41) is 0. The SMILES string of the molecule is Cc1[nH]cc2c1C(=O)CC(C)(C)C2. The van der Waals surface area contributed by atoms with Crippen molar-refractivity contribution >= 4 is 5.78 Å². The molecular weight excluding hydrogens is 162 g/mol. The van der Waals surface area contributed by atoms with Gasteiger partial charge < -0.3 is 4.98 Å². The summed E-state index contributed by atoms with van der Waals surface area (Å²) in [6.07, 6.45) is 3.67. The Hall–Kier alpha value is -1.05. The number of Topliss-reactive ketones (excluding diaryl/α,β-unsaturated/α-hetero) is 1. The highest BCUT2D eigenvalue weighted by Crippen LogP contribution is 2.35. The highest BCUT2D eigenvalue weighted by Gasteiger charge is 2.32. The second-order valence-corrected chi connectivity index (χ2v) is 4.75. The maximum Gasteiger partial charge on any atom is 0.165 e. The molecule has 0 spiro atoms. The van der Waals surface area contributed by atoms with Gasteiger partial charge in [0.2, 0.25) is 0 Å². The Morgan fingerprint density at radius 3 is 2.77 bits per heavy atom. The van der Waals surface area contributed by atoms with Crippen LogP contribution in [0.4, 0.5) is 0 Å². The minimum absolute atomic E-state index is 0.138. The second-order valence-electron chi connectivity index (χ2n) is 4.75. The van der Waals surface area contributed by atoms with Crippen LogP contribution in [0.2, 0.25) is 0 Å². The summed E-state index contributed by atoms with van der Waals surface area (Å²) in [5.41, 5.74) is 3.30. The Bertz CT molecular complexity index is 360. The Kier molecular flexibility index (Phi) is 1.62. The third-order valence-corrected chi connectivity index (χ3v) is 2.75. The molecule has 0 radical (unpaired) electrons. The number of H-pyrrole nitrogens is 1. The first kappa shape index (κ1) is 8.54. The molecular formula is C11H15NO. The van der Waals surface area contributed by atoms with E-state index in [0.29, 0.717) is 12.2 Å². The Morgan fingerprint density at radius 2 is 2.08 bits per heavy atom. The molecule has 0 saturated carbocycles. The molecule has 13 heavy (non-hydrogen) atoms. The number of carbonyl (C=O) groups is 1. The van der Waals surface area contributed by atoms with E-state index in [4.69, 9.17) is 0 Å². The monoisotopic (exact) mass is 177 g/mol. The average molecular weight is 177 g/mol. The number of hydrogen-bond donors (Lipinski definition) is 1. The van der Waals surface area contributed by atoms with Crippen LogP contribution < -0.4 is 0 Å². The number of fused-ring (bicyclic) bond motifs is 1. The van der Waals surface area contributed by atoms with Gasteiger partial charge in [0.1, 0.15) is 0 Å². The molecule has 0 saturated heterocycles. The fourth-order valence-electron chi connectivity index (χ4n) is 2.21. The number of aromatic nitrogens is 1. The minimum Gasteiger partial charge on any atom is -0.364 e. The van der Waals surface area contributed by atoms with E-state index in [9.17, 15) is 4.79 Å². The molecule has 1 aromatic heterocycles. The van der Waals surface area contributed by atoms with Crippen molar-refractivity contribution in [1.82, 2.24) is 4.98 Å². The van der Waals surface area contributed by atoms with Crippen LogP contribution >= 0.6 is 0 Å². The maximum atomic E-state index is 11.8. The largest absolute Gasteiger partial charge is 0.364 e. The van der Waals surface area contributed by atoms with Gasteiger partial charge in [0.25, 0.3) is 0 Å². The van der Waals surface area contributed by atoms with Crippen LogP contribution in [0, 0.1) is 12.3 Å². The Morgan fingerprint density at radius 1 is 1.38 bits per heavy atom. The number of ketones is 1. The van der Waals surface area contributed by atoms with Crippen molar-refractivity contribution in [2.45, 2.75) is 33.6 Å². The van der Waals surface area contributed by atoms with Crippen LogP contribution in [0.3, 0.4) is 0 Å². The lowest BCUT2D eigenvalue weighted by molar-refractivity contribution is 0.0912. The van der Waals surface area contributed by atoms with E-state index in [1.165, 1.54) is 5.56 Å². The van der Waals surface area contributed by atoms with E-state index >= 15 is 0 Å². The molecule has 0 atom stereocenters. The van der Waals surface area contributed by atoms with Crippen LogP contribution in [-0.2, 0) is 6.42 Å². The molecule has 0 fully saturated rings. The number of hydrogen-bond acceptors (Lipinski definition) is 1. The first-order chi connectivity index (χ1) is 5.99. The van der Waals surface area contributed by atoms with Crippen molar-refractivity contribution in [3.8, 4) is 0 Å². The van der Waals surface area contributed by atoms with Gasteiger partial charge in [0, 0.05) is 23.9 Å². The first-order valence-corrected chi connectivity index (χ1v) is 4.70. The number of carbonyl (C=O) groups excluding carboxylic acids is 1. The fraction of sp³-hybridized carbons (Fsp3) is 0.545. The standard InChI is InChI=1S/C11H15NO/c1-7-10-8(6-12-7)4-11(2,3)5-9(10)13/h6,12H,4-5H2,1-3H3. The molecule has 1 aliphatic rings. The van der Waals surface area contributed by atoms with E-state index in [0.717, 1.165) is 17.7 Å². The molecule has 1 N–H and O–H groups in total. The van der Waals surface area contributed by atoms with Crippen molar-refractivity contribution in [1.29, 1.82) is 0 Å². The number of rotatable bonds is 0. The van der Waals surface area contributed by atoms with E-state index < -0.39 is 0 Å². The zero-order valence-electron chi connectivity index (χ0n) is 8.40. The fourth-order valence-corrected chi connectivity index (χ4v) is 2.21. The van der Waals surface area contributed by atoms with Gasteiger partial charge in [-0.05, 0) is 24.3 Å². The molecule has 0 aliphatic heterocycles. The molecule has 1 heterocycles. The van der Waals surface area contributed by atoms with Crippen molar-refractivity contribution < 1.29 is 4.79 Å². The van der Waals surface area contributed by atoms with Gasteiger partial charge in [-0.15, -0.1) is 0 Å². The van der Waals surface area contributed by atoms with Crippen LogP contribution in [0.5, 0.6) is 0 Å². The molecule has 2 heteroatoms. The number of aromatic amines is 1.